The average Bonchev–Trinajstić information content (AvgIpc) is 3.23. The zero-order valence-electron chi connectivity index (χ0n) is 18.6. The number of para-hydroxylation sites is 1. The molecule has 0 aliphatic heterocycles. The van der Waals surface area contributed by atoms with Crippen LogP contribution in [0.5, 0.6) is 0 Å². The molecule has 0 unspecified atom stereocenters. The molecule has 33 heavy (non-hydrogen) atoms. The topological polar surface area (TPSA) is 76.9 Å². The van der Waals surface area contributed by atoms with E-state index in [2.05, 4.69) is 21.6 Å². The second-order valence-electron chi connectivity index (χ2n) is 7.73. The van der Waals surface area contributed by atoms with Crippen LogP contribution in [0.15, 0.2) is 84.0 Å². The quantitative estimate of drug-likeness (QED) is 0.291. The number of Topliss-reactive ketones (excluding diaryl/α,β-unsaturated/α-hetero) is 1. The number of nitrogens with one attached hydrogen (secondary N) is 1. The molecule has 3 aromatic carbocycles. The first kappa shape index (κ1) is 22.5. The van der Waals surface area contributed by atoms with Gasteiger partial charge in [-0.25, -0.2) is 0 Å². The van der Waals surface area contributed by atoms with Gasteiger partial charge in [0.15, 0.2) is 16.8 Å². The highest BCUT2D eigenvalue weighted by atomic mass is 32.2. The molecule has 4 aromatic rings. The van der Waals surface area contributed by atoms with Crippen molar-refractivity contribution in [3.8, 4) is 17.1 Å². The van der Waals surface area contributed by atoms with Gasteiger partial charge in [-0.1, -0.05) is 53.7 Å². The number of carbonyl (C=O) groups is 2. The number of amides is 1. The fourth-order valence-corrected chi connectivity index (χ4v) is 4.24. The molecule has 0 fully saturated rings. The lowest BCUT2D eigenvalue weighted by atomic mass is 10.1. The number of benzene rings is 3. The van der Waals surface area contributed by atoms with Crippen molar-refractivity contribution in [2.75, 3.05) is 5.32 Å². The van der Waals surface area contributed by atoms with Crippen molar-refractivity contribution < 1.29 is 9.59 Å². The van der Waals surface area contributed by atoms with Crippen LogP contribution < -0.4 is 5.32 Å². The number of ketones is 1. The van der Waals surface area contributed by atoms with Gasteiger partial charge >= 0.3 is 0 Å². The Balaban J connectivity index is 1.59. The SMILES string of the molecule is CC(=O)c1ccc(NC(=O)[C@@H](C)Sc2nnc(-c3cccc(C)c3)n2-c2ccccc2)cc1. The van der Waals surface area contributed by atoms with Crippen LogP contribution in [-0.4, -0.2) is 31.7 Å². The van der Waals surface area contributed by atoms with Gasteiger partial charge < -0.3 is 5.32 Å². The molecular weight excluding hydrogens is 432 g/mol. The second kappa shape index (κ2) is 9.83. The van der Waals surface area contributed by atoms with Crippen LogP contribution in [0.25, 0.3) is 17.1 Å². The highest BCUT2D eigenvalue weighted by Gasteiger charge is 2.22. The minimum absolute atomic E-state index is 0.0125. The Morgan fingerprint density at radius 3 is 2.33 bits per heavy atom. The molecule has 0 saturated carbocycles. The maximum absolute atomic E-state index is 12.8. The smallest absolute Gasteiger partial charge is 0.237 e. The molecule has 0 radical (unpaired) electrons. The summed E-state index contributed by atoms with van der Waals surface area (Å²) in [5, 5.41) is 12.0. The van der Waals surface area contributed by atoms with Crippen molar-refractivity contribution in [2.45, 2.75) is 31.2 Å². The molecular formula is C26H24N4O2S. The van der Waals surface area contributed by atoms with Gasteiger partial charge in [0.25, 0.3) is 0 Å². The van der Waals surface area contributed by atoms with Crippen LogP contribution in [0.2, 0.25) is 0 Å². The molecule has 166 valence electrons. The largest absolute Gasteiger partial charge is 0.325 e. The number of aromatic nitrogens is 3. The molecule has 0 aliphatic carbocycles. The average molecular weight is 457 g/mol. The van der Waals surface area contributed by atoms with Crippen molar-refractivity contribution in [3.63, 3.8) is 0 Å². The van der Waals surface area contributed by atoms with E-state index in [1.807, 2.05) is 66.9 Å². The van der Waals surface area contributed by atoms with Crippen molar-refractivity contribution in [3.05, 3.63) is 90.0 Å². The summed E-state index contributed by atoms with van der Waals surface area (Å²) in [7, 11) is 0. The van der Waals surface area contributed by atoms with Crippen LogP contribution in [0, 0.1) is 6.92 Å². The highest BCUT2D eigenvalue weighted by Crippen LogP contribution is 2.30. The molecule has 6 nitrogen and oxygen atoms in total. The Kier molecular flexibility index (Phi) is 6.70. The minimum atomic E-state index is -0.422. The third kappa shape index (κ3) is 5.21. The molecule has 0 bridgehead atoms. The van der Waals surface area contributed by atoms with E-state index in [1.165, 1.54) is 18.7 Å². The zero-order valence-corrected chi connectivity index (χ0v) is 19.5. The molecule has 1 aromatic heterocycles. The van der Waals surface area contributed by atoms with E-state index in [-0.39, 0.29) is 11.7 Å². The molecule has 0 saturated heterocycles. The lowest BCUT2D eigenvalue weighted by Crippen LogP contribution is -2.23. The van der Waals surface area contributed by atoms with Crippen LogP contribution in [-0.2, 0) is 4.79 Å². The fraction of sp³-hybridized carbons (Fsp3) is 0.154. The summed E-state index contributed by atoms with van der Waals surface area (Å²) < 4.78 is 1.98. The van der Waals surface area contributed by atoms with Gasteiger partial charge in [0.1, 0.15) is 0 Å². The predicted molar refractivity (Wildman–Crippen MR) is 132 cm³/mol. The van der Waals surface area contributed by atoms with E-state index in [0.29, 0.717) is 16.4 Å². The first-order chi connectivity index (χ1) is 15.9. The maximum atomic E-state index is 12.8. The fourth-order valence-electron chi connectivity index (χ4n) is 3.37. The summed E-state index contributed by atoms with van der Waals surface area (Å²) >= 11 is 1.34. The van der Waals surface area contributed by atoms with Gasteiger partial charge in [0.2, 0.25) is 5.91 Å². The number of carbonyl (C=O) groups excluding carboxylic acids is 2. The van der Waals surface area contributed by atoms with E-state index in [9.17, 15) is 9.59 Å². The lowest BCUT2D eigenvalue weighted by Gasteiger charge is -2.14. The van der Waals surface area contributed by atoms with Crippen molar-refractivity contribution in [1.82, 2.24) is 14.8 Å². The van der Waals surface area contributed by atoms with Crippen LogP contribution in [0.3, 0.4) is 0 Å². The van der Waals surface area contributed by atoms with Gasteiger partial charge in [0.05, 0.1) is 5.25 Å². The van der Waals surface area contributed by atoms with E-state index in [4.69, 9.17) is 0 Å². The van der Waals surface area contributed by atoms with Gasteiger partial charge in [-0.05, 0) is 63.2 Å². The number of thioether (sulfide) groups is 1. The molecule has 1 amide bonds. The number of aryl methyl sites for hydroxylation is 1. The molecule has 1 N–H and O–H groups in total. The Labute approximate surface area is 197 Å². The Bertz CT molecular complexity index is 1280. The molecule has 0 aliphatic rings. The number of hydrogen-bond donors (Lipinski definition) is 1. The van der Waals surface area contributed by atoms with E-state index < -0.39 is 5.25 Å². The van der Waals surface area contributed by atoms with Crippen molar-refractivity contribution in [2.24, 2.45) is 0 Å². The molecule has 1 atom stereocenters. The summed E-state index contributed by atoms with van der Waals surface area (Å²) in [6.45, 7) is 5.39. The van der Waals surface area contributed by atoms with E-state index in [1.54, 1.807) is 24.3 Å². The minimum Gasteiger partial charge on any atom is -0.325 e. The Morgan fingerprint density at radius 2 is 1.67 bits per heavy atom. The van der Waals surface area contributed by atoms with Crippen LogP contribution in [0.4, 0.5) is 5.69 Å². The third-order valence-electron chi connectivity index (χ3n) is 5.13. The van der Waals surface area contributed by atoms with Gasteiger partial charge in [-0.2, -0.15) is 0 Å². The first-order valence-electron chi connectivity index (χ1n) is 10.6. The van der Waals surface area contributed by atoms with Gasteiger partial charge in [-0.15, -0.1) is 10.2 Å². The Morgan fingerprint density at radius 1 is 0.939 bits per heavy atom. The summed E-state index contributed by atoms with van der Waals surface area (Å²) in [5.74, 6) is 0.552. The van der Waals surface area contributed by atoms with Gasteiger partial charge in [-0.3, -0.25) is 14.2 Å². The summed E-state index contributed by atoms with van der Waals surface area (Å²) in [4.78, 5) is 24.3. The van der Waals surface area contributed by atoms with E-state index in [0.717, 1.165) is 22.6 Å². The molecule has 0 spiro atoms. The number of nitrogens with zero attached hydrogens (tertiary/aromatic N) is 3. The Hall–Kier alpha value is -3.71. The maximum Gasteiger partial charge on any atom is 0.237 e. The monoisotopic (exact) mass is 456 g/mol. The van der Waals surface area contributed by atoms with Gasteiger partial charge in [0, 0.05) is 22.5 Å². The highest BCUT2D eigenvalue weighted by molar-refractivity contribution is 8.00. The normalized spacial score (nSPS) is 11.7. The molecule has 4 rings (SSSR count). The number of anilines is 1. The lowest BCUT2D eigenvalue weighted by molar-refractivity contribution is -0.115. The number of rotatable bonds is 7. The molecule has 1 heterocycles. The zero-order chi connectivity index (χ0) is 23.4. The second-order valence-corrected chi connectivity index (χ2v) is 9.04. The standard InChI is InChI=1S/C26H24N4O2S/c1-17-8-7-9-21(16-17)24-28-29-26(30(24)23-10-5-4-6-11-23)33-19(3)25(32)27-22-14-12-20(13-15-22)18(2)31/h4-16,19H,1-3H3,(H,27,32)/t19-/m1/s1. The number of hydrogen-bond acceptors (Lipinski definition) is 5. The summed E-state index contributed by atoms with van der Waals surface area (Å²) in [6.07, 6.45) is 0. The third-order valence-corrected chi connectivity index (χ3v) is 6.18. The molecule has 7 heteroatoms. The summed E-state index contributed by atoms with van der Waals surface area (Å²) in [5.41, 5.74) is 4.26. The van der Waals surface area contributed by atoms with Crippen molar-refractivity contribution >= 4 is 29.1 Å². The first-order valence-corrected chi connectivity index (χ1v) is 11.5. The van der Waals surface area contributed by atoms with Crippen LogP contribution >= 0.6 is 11.8 Å². The predicted octanol–water partition coefficient (Wildman–Crippen LogP) is 5.56. The van der Waals surface area contributed by atoms with Crippen LogP contribution in [0.1, 0.15) is 29.8 Å². The summed E-state index contributed by atoms with van der Waals surface area (Å²) in [6, 6.07) is 24.9. The van der Waals surface area contributed by atoms with E-state index >= 15 is 0 Å². The van der Waals surface area contributed by atoms with Crippen molar-refractivity contribution in [1.29, 1.82) is 0 Å².